The first-order valence-corrected chi connectivity index (χ1v) is 5.77. The van der Waals surface area contributed by atoms with Crippen LogP contribution in [0.4, 0.5) is 0 Å². The summed E-state index contributed by atoms with van der Waals surface area (Å²) in [6.45, 7) is 4.41. The Kier molecular flexibility index (Phi) is 5.03. The molecule has 2 heteroatoms. The molecule has 88 valence electrons. The third kappa shape index (κ3) is 4.05. The SMILES string of the molecule is COC(=O)CCc1ccccc1CC(C)C. The van der Waals surface area contributed by atoms with Gasteiger partial charge in [0, 0.05) is 6.42 Å². The minimum absolute atomic E-state index is 0.139. The van der Waals surface area contributed by atoms with Gasteiger partial charge < -0.3 is 4.74 Å². The van der Waals surface area contributed by atoms with Crippen LogP contribution in [0.5, 0.6) is 0 Å². The Balaban J connectivity index is 2.67. The third-order valence-electron chi connectivity index (χ3n) is 2.57. The highest BCUT2D eigenvalue weighted by Crippen LogP contribution is 2.15. The third-order valence-corrected chi connectivity index (χ3v) is 2.57. The predicted molar refractivity (Wildman–Crippen MR) is 65.3 cm³/mol. The molecule has 0 atom stereocenters. The lowest BCUT2D eigenvalue weighted by Crippen LogP contribution is -2.05. The van der Waals surface area contributed by atoms with Gasteiger partial charge in [-0.15, -0.1) is 0 Å². The van der Waals surface area contributed by atoms with Crippen LogP contribution >= 0.6 is 0 Å². The van der Waals surface area contributed by atoms with E-state index in [0.29, 0.717) is 12.3 Å². The molecule has 0 aliphatic rings. The average Bonchev–Trinajstić information content (AvgIpc) is 2.26. The van der Waals surface area contributed by atoms with Gasteiger partial charge in [0.15, 0.2) is 0 Å². The van der Waals surface area contributed by atoms with E-state index >= 15 is 0 Å². The van der Waals surface area contributed by atoms with Gasteiger partial charge in [-0.2, -0.15) is 0 Å². The van der Waals surface area contributed by atoms with Crippen molar-refractivity contribution >= 4 is 5.97 Å². The molecule has 0 bridgehead atoms. The molecule has 1 aromatic carbocycles. The van der Waals surface area contributed by atoms with Gasteiger partial charge in [0.25, 0.3) is 0 Å². The van der Waals surface area contributed by atoms with E-state index in [1.165, 1.54) is 18.2 Å². The summed E-state index contributed by atoms with van der Waals surface area (Å²) in [5.74, 6) is 0.499. The smallest absolute Gasteiger partial charge is 0.305 e. The lowest BCUT2D eigenvalue weighted by Gasteiger charge is -2.10. The first-order chi connectivity index (χ1) is 7.63. The predicted octanol–water partition coefficient (Wildman–Crippen LogP) is 2.99. The Bertz CT molecular complexity index is 342. The second kappa shape index (κ2) is 6.31. The van der Waals surface area contributed by atoms with Gasteiger partial charge in [-0.3, -0.25) is 4.79 Å². The number of esters is 1. The molecule has 1 rings (SSSR count). The molecule has 0 aromatic heterocycles. The molecule has 0 radical (unpaired) electrons. The Morgan fingerprint density at radius 3 is 2.44 bits per heavy atom. The fraction of sp³-hybridized carbons (Fsp3) is 0.500. The highest BCUT2D eigenvalue weighted by atomic mass is 16.5. The van der Waals surface area contributed by atoms with Crippen LogP contribution in [-0.4, -0.2) is 13.1 Å². The number of ether oxygens (including phenoxy) is 1. The molecule has 0 aliphatic carbocycles. The van der Waals surface area contributed by atoms with Gasteiger partial charge >= 0.3 is 5.97 Å². The summed E-state index contributed by atoms with van der Waals surface area (Å²) >= 11 is 0. The standard InChI is InChI=1S/C14H20O2/c1-11(2)10-13-7-5-4-6-12(13)8-9-14(15)16-3/h4-7,11H,8-10H2,1-3H3. The van der Waals surface area contributed by atoms with E-state index in [1.54, 1.807) is 0 Å². The zero-order valence-corrected chi connectivity index (χ0v) is 10.3. The quantitative estimate of drug-likeness (QED) is 0.713. The number of rotatable bonds is 5. The van der Waals surface area contributed by atoms with E-state index in [4.69, 9.17) is 0 Å². The number of hydrogen-bond acceptors (Lipinski definition) is 2. The Hall–Kier alpha value is -1.31. The van der Waals surface area contributed by atoms with Crippen molar-refractivity contribution in [2.45, 2.75) is 33.1 Å². The highest BCUT2D eigenvalue weighted by molar-refractivity contribution is 5.69. The second-order valence-electron chi connectivity index (χ2n) is 4.44. The molecule has 16 heavy (non-hydrogen) atoms. The number of carbonyl (C=O) groups excluding carboxylic acids is 1. The molecule has 0 saturated carbocycles. The van der Waals surface area contributed by atoms with Crippen molar-refractivity contribution < 1.29 is 9.53 Å². The van der Waals surface area contributed by atoms with E-state index in [-0.39, 0.29) is 5.97 Å². The molecule has 2 nitrogen and oxygen atoms in total. The Labute approximate surface area is 97.6 Å². The first kappa shape index (κ1) is 12.8. The van der Waals surface area contributed by atoms with Crippen LogP contribution < -0.4 is 0 Å². The molecule has 0 N–H and O–H groups in total. The lowest BCUT2D eigenvalue weighted by molar-refractivity contribution is -0.140. The van der Waals surface area contributed by atoms with Crippen LogP contribution in [0.3, 0.4) is 0 Å². The van der Waals surface area contributed by atoms with Crippen LogP contribution in [0.1, 0.15) is 31.4 Å². The molecule has 1 aromatic rings. The number of hydrogen-bond donors (Lipinski definition) is 0. The molecule has 0 fully saturated rings. The summed E-state index contributed by atoms with van der Waals surface area (Å²) in [5, 5.41) is 0. The number of aryl methyl sites for hydroxylation is 1. The van der Waals surface area contributed by atoms with Crippen molar-refractivity contribution in [1.29, 1.82) is 0 Å². The van der Waals surface area contributed by atoms with Crippen molar-refractivity contribution in [2.75, 3.05) is 7.11 Å². The number of carbonyl (C=O) groups is 1. The van der Waals surface area contributed by atoms with Gasteiger partial charge in [0.05, 0.1) is 7.11 Å². The van der Waals surface area contributed by atoms with Crippen molar-refractivity contribution in [3.05, 3.63) is 35.4 Å². The number of methoxy groups -OCH3 is 1. The highest BCUT2D eigenvalue weighted by Gasteiger charge is 2.06. The summed E-state index contributed by atoms with van der Waals surface area (Å²) < 4.78 is 4.65. The fourth-order valence-electron chi connectivity index (χ4n) is 1.78. The molecular weight excluding hydrogens is 200 g/mol. The molecule has 0 heterocycles. The van der Waals surface area contributed by atoms with Crippen molar-refractivity contribution in [3.8, 4) is 0 Å². The molecular formula is C14H20O2. The fourth-order valence-corrected chi connectivity index (χ4v) is 1.78. The van der Waals surface area contributed by atoms with Crippen LogP contribution in [0, 0.1) is 5.92 Å². The first-order valence-electron chi connectivity index (χ1n) is 5.77. The topological polar surface area (TPSA) is 26.3 Å². The van der Waals surface area contributed by atoms with E-state index < -0.39 is 0 Å². The molecule has 0 saturated heterocycles. The Morgan fingerprint density at radius 1 is 1.25 bits per heavy atom. The summed E-state index contributed by atoms with van der Waals surface area (Å²) in [7, 11) is 1.43. The summed E-state index contributed by atoms with van der Waals surface area (Å²) in [4.78, 5) is 11.1. The van der Waals surface area contributed by atoms with Gasteiger partial charge in [-0.1, -0.05) is 38.1 Å². The molecule has 0 unspecified atom stereocenters. The van der Waals surface area contributed by atoms with Gasteiger partial charge in [-0.05, 0) is 29.9 Å². The van der Waals surface area contributed by atoms with Gasteiger partial charge in [-0.25, -0.2) is 0 Å². The Morgan fingerprint density at radius 2 is 1.88 bits per heavy atom. The minimum atomic E-state index is -0.139. The van der Waals surface area contributed by atoms with E-state index in [9.17, 15) is 4.79 Å². The van der Waals surface area contributed by atoms with Crippen molar-refractivity contribution in [2.24, 2.45) is 5.92 Å². The van der Waals surface area contributed by atoms with Gasteiger partial charge in [0.2, 0.25) is 0 Å². The maximum Gasteiger partial charge on any atom is 0.305 e. The van der Waals surface area contributed by atoms with E-state index in [1.807, 2.05) is 6.07 Å². The van der Waals surface area contributed by atoms with Crippen LogP contribution in [0.2, 0.25) is 0 Å². The average molecular weight is 220 g/mol. The zero-order valence-electron chi connectivity index (χ0n) is 10.3. The maximum absolute atomic E-state index is 11.1. The summed E-state index contributed by atoms with van der Waals surface area (Å²) in [6.07, 6.45) is 2.30. The van der Waals surface area contributed by atoms with Crippen LogP contribution in [0.15, 0.2) is 24.3 Å². The van der Waals surface area contributed by atoms with Crippen LogP contribution in [-0.2, 0) is 22.4 Å². The van der Waals surface area contributed by atoms with E-state index in [0.717, 1.165) is 12.8 Å². The van der Waals surface area contributed by atoms with Gasteiger partial charge in [0.1, 0.15) is 0 Å². The molecule has 0 spiro atoms. The van der Waals surface area contributed by atoms with Crippen molar-refractivity contribution in [3.63, 3.8) is 0 Å². The minimum Gasteiger partial charge on any atom is -0.469 e. The summed E-state index contributed by atoms with van der Waals surface area (Å²) in [6, 6.07) is 8.32. The largest absolute Gasteiger partial charge is 0.469 e. The second-order valence-corrected chi connectivity index (χ2v) is 4.44. The maximum atomic E-state index is 11.1. The normalized spacial score (nSPS) is 10.5. The van der Waals surface area contributed by atoms with Crippen LogP contribution in [0.25, 0.3) is 0 Å². The van der Waals surface area contributed by atoms with E-state index in [2.05, 4.69) is 36.8 Å². The zero-order chi connectivity index (χ0) is 12.0. The number of benzene rings is 1. The molecule has 0 amide bonds. The lowest BCUT2D eigenvalue weighted by atomic mass is 9.95. The monoisotopic (exact) mass is 220 g/mol. The van der Waals surface area contributed by atoms with Crippen molar-refractivity contribution in [1.82, 2.24) is 0 Å². The summed E-state index contributed by atoms with van der Waals surface area (Å²) in [5.41, 5.74) is 2.61. The molecule has 0 aliphatic heterocycles.